The van der Waals surface area contributed by atoms with Gasteiger partial charge in [-0.15, -0.1) is 0 Å². The number of hydrogen-bond donors (Lipinski definition) is 1. The van der Waals surface area contributed by atoms with Crippen molar-refractivity contribution < 1.29 is 9.53 Å². The second-order valence-corrected chi connectivity index (χ2v) is 4.95. The summed E-state index contributed by atoms with van der Waals surface area (Å²) >= 11 is 5.01. The predicted molar refractivity (Wildman–Crippen MR) is 65.1 cm³/mol. The van der Waals surface area contributed by atoms with Crippen LogP contribution < -0.4 is 5.73 Å². The topological polar surface area (TPSA) is 55.6 Å². The van der Waals surface area contributed by atoms with Crippen molar-refractivity contribution in [2.45, 2.75) is 31.7 Å². The fourth-order valence-electron chi connectivity index (χ4n) is 2.51. The lowest BCUT2D eigenvalue weighted by Crippen LogP contribution is -2.46. The quantitative estimate of drug-likeness (QED) is 0.724. The van der Waals surface area contributed by atoms with Gasteiger partial charge in [-0.25, -0.2) is 0 Å². The molecule has 0 aromatic carbocycles. The van der Waals surface area contributed by atoms with E-state index < -0.39 is 0 Å². The predicted octanol–water partition coefficient (Wildman–Crippen LogP) is 0.690. The van der Waals surface area contributed by atoms with Crippen molar-refractivity contribution in [3.05, 3.63) is 0 Å². The van der Waals surface area contributed by atoms with E-state index in [9.17, 15) is 4.79 Å². The second-order valence-electron chi connectivity index (χ2n) is 4.48. The first-order chi connectivity index (χ1) is 7.70. The minimum absolute atomic E-state index is 0.00894. The summed E-state index contributed by atoms with van der Waals surface area (Å²) in [4.78, 5) is 14.6. The van der Waals surface area contributed by atoms with E-state index in [4.69, 9.17) is 22.7 Å². The maximum atomic E-state index is 12.3. The third kappa shape index (κ3) is 2.35. The normalized spacial score (nSPS) is 27.0. The number of hydrogen-bond acceptors (Lipinski definition) is 3. The molecule has 90 valence electrons. The fourth-order valence-corrected chi connectivity index (χ4v) is 2.75. The van der Waals surface area contributed by atoms with Gasteiger partial charge < -0.3 is 15.4 Å². The average Bonchev–Trinajstić information content (AvgIpc) is 2.78. The van der Waals surface area contributed by atoms with Crippen LogP contribution in [0.5, 0.6) is 0 Å². The lowest BCUT2D eigenvalue weighted by Gasteiger charge is -2.30. The molecule has 16 heavy (non-hydrogen) atoms. The summed E-state index contributed by atoms with van der Waals surface area (Å²) in [6, 6.07) is -0.00894. The zero-order chi connectivity index (χ0) is 11.5. The van der Waals surface area contributed by atoms with E-state index in [1.165, 1.54) is 0 Å². The van der Waals surface area contributed by atoms with Crippen LogP contribution in [0.2, 0.25) is 0 Å². The van der Waals surface area contributed by atoms with Gasteiger partial charge in [-0.2, -0.15) is 0 Å². The Morgan fingerprint density at radius 3 is 2.62 bits per heavy atom. The molecule has 2 rings (SSSR count). The van der Waals surface area contributed by atoms with Crippen LogP contribution in [0.25, 0.3) is 0 Å². The van der Waals surface area contributed by atoms with Crippen LogP contribution in [0.4, 0.5) is 0 Å². The maximum absolute atomic E-state index is 12.3. The summed E-state index contributed by atoms with van der Waals surface area (Å²) in [6.07, 6.45) is 3.60. The molecule has 0 aromatic rings. The smallest absolute Gasteiger partial charge is 0.226 e. The van der Waals surface area contributed by atoms with E-state index in [0.29, 0.717) is 18.2 Å². The molecule has 1 amide bonds. The Bertz CT molecular complexity index is 290. The number of carbonyl (C=O) groups excluding carboxylic acids is 1. The van der Waals surface area contributed by atoms with Crippen molar-refractivity contribution in [3.63, 3.8) is 0 Å². The van der Waals surface area contributed by atoms with Crippen molar-refractivity contribution >= 4 is 23.1 Å². The molecule has 2 aliphatic rings. The first kappa shape index (κ1) is 11.8. The number of amides is 1. The Morgan fingerprint density at radius 2 is 2.00 bits per heavy atom. The van der Waals surface area contributed by atoms with Gasteiger partial charge in [0, 0.05) is 25.7 Å². The highest BCUT2D eigenvalue weighted by atomic mass is 32.1. The van der Waals surface area contributed by atoms with Crippen molar-refractivity contribution in [3.8, 4) is 0 Å². The summed E-state index contributed by atoms with van der Waals surface area (Å²) in [5.74, 6) is 0.335. The molecule has 2 N–H and O–H groups in total. The zero-order valence-corrected chi connectivity index (χ0v) is 10.2. The fraction of sp³-hybridized carbons (Fsp3) is 0.818. The van der Waals surface area contributed by atoms with Crippen LogP contribution in [0.15, 0.2) is 0 Å². The lowest BCUT2D eigenvalue weighted by atomic mass is 9.98. The number of ether oxygens (including phenoxy) is 1. The molecule has 1 atom stereocenters. The van der Waals surface area contributed by atoms with Crippen LogP contribution in [-0.2, 0) is 9.53 Å². The minimum atomic E-state index is -0.00894. The van der Waals surface area contributed by atoms with E-state index in [0.717, 1.165) is 32.2 Å². The molecule has 0 spiro atoms. The van der Waals surface area contributed by atoms with Gasteiger partial charge in [-0.1, -0.05) is 12.2 Å². The van der Waals surface area contributed by atoms with Crippen molar-refractivity contribution in [1.82, 2.24) is 4.90 Å². The van der Waals surface area contributed by atoms with Crippen molar-refractivity contribution in [2.24, 2.45) is 11.7 Å². The van der Waals surface area contributed by atoms with Gasteiger partial charge in [0.1, 0.15) is 0 Å². The molecular formula is C11H18N2O2S. The first-order valence-corrected chi connectivity index (χ1v) is 6.28. The highest BCUT2D eigenvalue weighted by Gasteiger charge is 2.34. The Labute approximate surface area is 101 Å². The van der Waals surface area contributed by atoms with Crippen LogP contribution in [0.3, 0.4) is 0 Å². The Hall–Kier alpha value is -0.680. The van der Waals surface area contributed by atoms with Crippen LogP contribution in [0, 0.1) is 5.92 Å². The average molecular weight is 242 g/mol. The third-order valence-electron chi connectivity index (χ3n) is 3.43. The van der Waals surface area contributed by atoms with Crippen LogP contribution >= 0.6 is 12.2 Å². The number of nitrogens with zero attached hydrogens (tertiary/aromatic N) is 1. The Morgan fingerprint density at radius 1 is 1.31 bits per heavy atom. The molecule has 0 aromatic heterocycles. The molecule has 0 bridgehead atoms. The molecule has 1 unspecified atom stereocenters. The van der Waals surface area contributed by atoms with Crippen LogP contribution in [0.1, 0.15) is 25.7 Å². The molecule has 4 nitrogen and oxygen atoms in total. The number of carbonyl (C=O) groups is 1. The lowest BCUT2D eigenvalue weighted by molar-refractivity contribution is -0.138. The number of likely N-dealkylation sites (tertiary alicyclic amines) is 1. The number of thiocarbonyl (C=S) groups is 1. The molecule has 0 radical (unpaired) electrons. The number of rotatable bonds is 2. The summed E-state index contributed by atoms with van der Waals surface area (Å²) < 4.78 is 5.27. The van der Waals surface area contributed by atoms with Gasteiger partial charge in [0.05, 0.1) is 11.0 Å². The summed E-state index contributed by atoms with van der Waals surface area (Å²) in [7, 11) is 0. The maximum Gasteiger partial charge on any atom is 0.226 e. The molecule has 5 heteroatoms. The SMILES string of the molecule is NC(=S)C1CCCN1C(=O)C1CCOCC1. The van der Waals surface area contributed by atoms with Gasteiger partial charge >= 0.3 is 0 Å². The molecule has 0 saturated carbocycles. The minimum Gasteiger partial charge on any atom is -0.392 e. The molecule has 2 fully saturated rings. The third-order valence-corrected chi connectivity index (χ3v) is 3.71. The van der Waals surface area contributed by atoms with Gasteiger partial charge in [0.25, 0.3) is 0 Å². The van der Waals surface area contributed by atoms with Crippen molar-refractivity contribution in [1.29, 1.82) is 0 Å². The van der Waals surface area contributed by atoms with Gasteiger partial charge in [-0.3, -0.25) is 4.79 Å². The zero-order valence-electron chi connectivity index (χ0n) is 9.35. The summed E-state index contributed by atoms with van der Waals surface area (Å²) in [5.41, 5.74) is 5.67. The molecule has 2 aliphatic heterocycles. The second kappa shape index (κ2) is 5.10. The van der Waals surface area contributed by atoms with E-state index in [1.54, 1.807) is 0 Å². The van der Waals surface area contributed by atoms with Gasteiger partial charge in [0.2, 0.25) is 5.91 Å². The monoisotopic (exact) mass is 242 g/mol. The molecule has 2 saturated heterocycles. The Balaban J connectivity index is 1.99. The van der Waals surface area contributed by atoms with Crippen molar-refractivity contribution in [2.75, 3.05) is 19.8 Å². The highest BCUT2D eigenvalue weighted by Crippen LogP contribution is 2.24. The van der Waals surface area contributed by atoms with E-state index in [1.807, 2.05) is 4.90 Å². The largest absolute Gasteiger partial charge is 0.392 e. The summed E-state index contributed by atoms with van der Waals surface area (Å²) in [6.45, 7) is 2.20. The van der Waals surface area contributed by atoms with Gasteiger partial charge in [-0.05, 0) is 25.7 Å². The van der Waals surface area contributed by atoms with E-state index >= 15 is 0 Å². The standard InChI is InChI=1S/C11H18N2O2S/c12-10(16)9-2-1-5-13(9)11(14)8-3-6-15-7-4-8/h8-9H,1-7H2,(H2,12,16). The number of nitrogens with two attached hydrogens (primary N) is 1. The Kier molecular flexibility index (Phi) is 3.76. The van der Waals surface area contributed by atoms with Gasteiger partial charge in [0.15, 0.2) is 0 Å². The molecule has 2 heterocycles. The highest BCUT2D eigenvalue weighted by molar-refractivity contribution is 7.80. The first-order valence-electron chi connectivity index (χ1n) is 5.87. The van der Waals surface area contributed by atoms with E-state index in [-0.39, 0.29) is 17.9 Å². The molecule has 0 aliphatic carbocycles. The molecular weight excluding hydrogens is 224 g/mol. The van der Waals surface area contributed by atoms with E-state index in [2.05, 4.69) is 0 Å². The van der Waals surface area contributed by atoms with Crippen LogP contribution in [-0.4, -0.2) is 41.6 Å². The summed E-state index contributed by atoms with van der Waals surface area (Å²) in [5, 5.41) is 0.